The third kappa shape index (κ3) is 3.17. The van der Waals surface area contributed by atoms with Crippen molar-refractivity contribution in [3.8, 4) is 0 Å². The number of benzene rings is 2. The van der Waals surface area contributed by atoms with Gasteiger partial charge in [0.1, 0.15) is 0 Å². The first-order chi connectivity index (χ1) is 8.89. The van der Waals surface area contributed by atoms with Gasteiger partial charge in [0.15, 0.2) is 0 Å². The highest BCUT2D eigenvalue weighted by atomic mass is 35.5. The minimum Gasteiger partial charge on any atom is -0.320 e. The predicted molar refractivity (Wildman–Crippen MR) is 82.6 cm³/mol. The highest BCUT2D eigenvalue weighted by Gasteiger charge is 2.21. The molecule has 19 heavy (non-hydrogen) atoms. The summed E-state index contributed by atoms with van der Waals surface area (Å²) in [7, 11) is 0. The Morgan fingerprint density at radius 3 is 2.11 bits per heavy atom. The van der Waals surface area contributed by atoms with Crippen LogP contribution in [0.4, 0.5) is 0 Å². The van der Waals surface area contributed by atoms with Gasteiger partial charge in [0.05, 0.1) is 6.04 Å². The highest BCUT2D eigenvalue weighted by Crippen LogP contribution is 2.31. The lowest BCUT2D eigenvalue weighted by Gasteiger charge is -2.26. The zero-order valence-electron chi connectivity index (χ0n) is 11.7. The van der Waals surface area contributed by atoms with Crippen molar-refractivity contribution in [1.82, 2.24) is 0 Å². The van der Waals surface area contributed by atoms with Crippen LogP contribution in [-0.4, -0.2) is 0 Å². The average molecular weight is 274 g/mol. The first-order valence-electron chi connectivity index (χ1n) is 6.50. The molecule has 1 atom stereocenters. The maximum Gasteiger partial charge on any atom is 0.0554 e. The van der Waals surface area contributed by atoms with Crippen LogP contribution in [-0.2, 0) is 5.41 Å². The minimum absolute atomic E-state index is 0.0840. The molecule has 0 radical (unpaired) electrons. The molecule has 100 valence electrons. The van der Waals surface area contributed by atoms with Gasteiger partial charge >= 0.3 is 0 Å². The van der Waals surface area contributed by atoms with E-state index in [2.05, 4.69) is 39.0 Å². The SMILES string of the molecule is CC(C)(C)c1ccccc1C(N)c1ccc(Cl)cc1. The fourth-order valence-electron chi connectivity index (χ4n) is 2.30. The van der Waals surface area contributed by atoms with Gasteiger partial charge in [0.25, 0.3) is 0 Å². The molecule has 2 aromatic rings. The number of hydrogen-bond acceptors (Lipinski definition) is 1. The van der Waals surface area contributed by atoms with E-state index in [1.807, 2.05) is 30.3 Å². The lowest BCUT2D eigenvalue weighted by Crippen LogP contribution is -2.20. The normalized spacial score (nSPS) is 13.3. The van der Waals surface area contributed by atoms with Crippen LogP contribution in [0.3, 0.4) is 0 Å². The topological polar surface area (TPSA) is 26.0 Å². The maximum atomic E-state index is 6.42. The summed E-state index contributed by atoms with van der Waals surface area (Å²) in [4.78, 5) is 0. The summed E-state index contributed by atoms with van der Waals surface area (Å²) in [5.41, 5.74) is 10.1. The Hall–Kier alpha value is -1.31. The van der Waals surface area contributed by atoms with E-state index >= 15 is 0 Å². The molecule has 0 aromatic heterocycles. The van der Waals surface area contributed by atoms with Gasteiger partial charge in [-0.2, -0.15) is 0 Å². The number of hydrogen-bond donors (Lipinski definition) is 1. The van der Waals surface area contributed by atoms with Gasteiger partial charge < -0.3 is 5.73 Å². The second-order valence-electron chi connectivity index (χ2n) is 5.87. The smallest absolute Gasteiger partial charge is 0.0554 e. The van der Waals surface area contributed by atoms with Crippen molar-refractivity contribution < 1.29 is 0 Å². The molecule has 0 saturated heterocycles. The van der Waals surface area contributed by atoms with E-state index in [0.717, 1.165) is 10.6 Å². The minimum atomic E-state index is -0.118. The number of rotatable bonds is 2. The summed E-state index contributed by atoms with van der Waals surface area (Å²) in [6.07, 6.45) is 0. The second-order valence-corrected chi connectivity index (χ2v) is 6.30. The molecular weight excluding hydrogens is 254 g/mol. The Kier molecular flexibility index (Phi) is 3.98. The number of nitrogens with two attached hydrogens (primary N) is 1. The molecule has 0 aliphatic carbocycles. The van der Waals surface area contributed by atoms with E-state index in [4.69, 9.17) is 17.3 Å². The summed E-state index contributed by atoms with van der Waals surface area (Å²) < 4.78 is 0. The van der Waals surface area contributed by atoms with Crippen molar-refractivity contribution in [3.63, 3.8) is 0 Å². The Morgan fingerprint density at radius 1 is 0.947 bits per heavy atom. The predicted octanol–water partition coefficient (Wildman–Crippen LogP) is 4.69. The molecule has 0 fully saturated rings. The zero-order chi connectivity index (χ0) is 14.0. The van der Waals surface area contributed by atoms with Crippen LogP contribution >= 0.6 is 11.6 Å². The molecule has 0 aliphatic heterocycles. The molecule has 2 aromatic carbocycles. The third-order valence-corrected chi connectivity index (χ3v) is 3.58. The summed E-state index contributed by atoms with van der Waals surface area (Å²) >= 11 is 5.93. The van der Waals surface area contributed by atoms with Crippen LogP contribution in [0.15, 0.2) is 48.5 Å². The third-order valence-electron chi connectivity index (χ3n) is 3.33. The van der Waals surface area contributed by atoms with E-state index in [1.165, 1.54) is 11.1 Å². The average Bonchev–Trinajstić information content (AvgIpc) is 2.38. The lowest BCUT2D eigenvalue weighted by molar-refractivity contribution is 0.578. The van der Waals surface area contributed by atoms with Crippen molar-refractivity contribution in [3.05, 3.63) is 70.2 Å². The standard InChI is InChI=1S/C17H20ClN/c1-17(2,3)15-7-5-4-6-14(15)16(19)12-8-10-13(18)11-9-12/h4-11,16H,19H2,1-3H3. The molecule has 0 spiro atoms. The molecule has 0 aliphatic rings. The van der Waals surface area contributed by atoms with Crippen LogP contribution in [0.5, 0.6) is 0 Å². The highest BCUT2D eigenvalue weighted by molar-refractivity contribution is 6.30. The van der Waals surface area contributed by atoms with Crippen molar-refractivity contribution >= 4 is 11.6 Å². The Balaban J connectivity index is 2.44. The van der Waals surface area contributed by atoms with E-state index in [1.54, 1.807) is 0 Å². The molecule has 0 bridgehead atoms. The summed E-state index contributed by atoms with van der Waals surface area (Å²) in [5, 5.41) is 0.736. The molecule has 1 unspecified atom stereocenters. The van der Waals surface area contributed by atoms with Gasteiger partial charge in [-0.3, -0.25) is 0 Å². The van der Waals surface area contributed by atoms with Crippen molar-refractivity contribution in [2.45, 2.75) is 32.2 Å². The van der Waals surface area contributed by atoms with Gasteiger partial charge in [-0.05, 0) is 34.2 Å². The first-order valence-corrected chi connectivity index (χ1v) is 6.88. The maximum absolute atomic E-state index is 6.42. The monoisotopic (exact) mass is 273 g/mol. The number of halogens is 1. The Labute approximate surface area is 120 Å². The molecule has 2 rings (SSSR count). The first kappa shape index (κ1) is 14.1. The fraction of sp³-hybridized carbons (Fsp3) is 0.294. The quantitative estimate of drug-likeness (QED) is 0.844. The van der Waals surface area contributed by atoms with Crippen LogP contribution in [0.25, 0.3) is 0 Å². The zero-order valence-corrected chi connectivity index (χ0v) is 12.4. The Bertz CT molecular complexity index is 552. The van der Waals surface area contributed by atoms with E-state index in [9.17, 15) is 0 Å². The molecule has 1 nitrogen and oxygen atoms in total. The summed E-state index contributed by atoms with van der Waals surface area (Å²) in [6.45, 7) is 6.63. The van der Waals surface area contributed by atoms with E-state index in [0.29, 0.717) is 0 Å². The van der Waals surface area contributed by atoms with Gasteiger partial charge in [-0.15, -0.1) is 0 Å². The summed E-state index contributed by atoms with van der Waals surface area (Å²) in [6, 6.07) is 16.0. The molecule has 0 saturated carbocycles. The van der Waals surface area contributed by atoms with E-state index < -0.39 is 0 Å². The van der Waals surface area contributed by atoms with Gasteiger partial charge in [0, 0.05) is 5.02 Å². The molecule has 0 amide bonds. The van der Waals surface area contributed by atoms with Crippen molar-refractivity contribution in [1.29, 1.82) is 0 Å². The largest absolute Gasteiger partial charge is 0.320 e. The van der Waals surface area contributed by atoms with Crippen LogP contribution in [0.2, 0.25) is 5.02 Å². The van der Waals surface area contributed by atoms with Gasteiger partial charge in [-0.25, -0.2) is 0 Å². The summed E-state index contributed by atoms with van der Waals surface area (Å²) in [5.74, 6) is 0. The van der Waals surface area contributed by atoms with Crippen molar-refractivity contribution in [2.24, 2.45) is 5.73 Å². The van der Waals surface area contributed by atoms with Gasteiger partial charge in [-0.1, -0.05) is 68.8 Å². The van der Waals surface area contributed by atoms with Crippen LogP contribution in [0, 0.1) is 0 Å². The van der Waals surface area contributed by atoms with Crippen molar-refractivity contribution in [2.75, 3.05) is 0 Å². The lowest BCUT2D eigenvalue weighted by atomic mass is 9.81. The van der Waals surface area contributed by atoms with Gasteiger partial charge in [0.2, 0.25) is 0 Å². The molecule has 2 N–H and O–H groups in total. The molecule has 0 heterocycles. The van der Waals surface area contributed by atoms with Crippen LogP contribution < -0.4 is 5.73 Å². The van der Waals surface area contributed by atoms with Crippen LogP contribution in [0.1, 0.15) is 43.5 Å². The van der Waals surface area contributed by atoms with E-state index in [-0.39, 0.29) is 11.5 Å². The fourth-order valence-corrected chi connectivity index (χ4v) is 2.43. The molecular formula is C17H20ClN. The second kappa shape index (κ2) is 5.36. The molecule has 2 heteroatoms. The Morgan fingerprint density at radius 2 is 1.53 bits per heavy atom.